The van der Waals surface area contributed by atoms with E-state index >= 15 is 0 Å². The minimum Gasteiger partial charge on any atom is -0.497 e. The molecule has 0 aliphatic carbocycles. The molecule has 24 heavy (non-hydrogen) atoms. The van der Waals surface area contributed by atoms with Crippen LogP contribution in [-0.2, 0) is 11.3 Å². The van der Waals surface area contributed by atoms with Gasteiger partial charge in [-0.1, -0.05) is 18.2 Å². The van der Waals surface area contributed by atoms with E-state index < -0.39 is 0 Å². The maximum Gasteiger partial charge on any atom is 0.252 e. The van der Waals surface area contributed by atoms with Gasteiger partial charge in [0.1, 0.15) is 5.75 Å². The smallest absolute Gasteiger partial charge is 0.252 e. The van der Waals surface area contributed by atoms with Gasteiger partial charge in [-0.25, -0.2) is 0 Å². The molecule has 5 nitrogen and oxygen atoms in total. The van der Waals surface area contributed by atoms with Crippen LogP contribution in [0.3, 0.4) is 0 Å². The lowest BCUT2D eigenvalue weighted by atomic mass is 10.2. The Balaban J connectivity index is 1.93. The standard InChI is InChI=1S/C18H20N2O3S/c1-3-9-20(12-14-4-6-16(23-2)7-5-14)17(21)11-19-18(22)15-8-10-24-13-15/h3-8,10,13H,1,9,11-12H2,2H3,(H,19,22). The topological polar surface area (TPSA) is 58.6 Å². The molecule has 0 unspecified atom stereocenters. The summed E-state index contributed by atoms with van der Waals surface area (Å²) in [5, 5.41) is 6.22. The number of hydrogen-bond acceptors (Lipinski definition) is 4. The second-order valence-corrected chi connectivity index (χ2v) is 5.89. The predicted molar refractivity (Wildman–Crippen MR) is 95.3 cm³/mol. The van der Waals surface area contributed by atoms with Crippen molar-refractivity contribution in [2.45, 2.75) is 6.54 Å². The van der Waals surface area contributed by atoms with E-state index in [-0.39, 0.29) is 18.4 Å². The van der Waals surface area contributed by atoms with Crippen molar-refractivity contribution in [2.24, 2.45) is 0 Å². The van der Waals surface area contributed by atoms with E-state index in [0.29, 0.717) is 18.7 Å². The molecule has 126 valence electrons. The van der Waals surface area contributed by atoms with Gasteiger partial charge in [0.2, 0.25) is 5.91 Å². The summed E-state index contributed by atoms with van der Waals surface area (Å²) in [6.45, 7) is 4.51. The van der Waals surface area contributed by atoms with Crippen LogP contribution in [0.15, 0.2) is 53.7 Å². The Bertz CT molecular complexity index is 681. The summed E-state index contributed by atoms with van der Waals surface area (Å²) in [6.07, 6.45) is 1.67. The molecule has 2 aromatic rings. The monoisotopic (exact) mass is 344 g/mol. The Morgan fingerprint density at radius 1 is 1.29 bits per heavy atom. The zero-order valence-corrected chi connectivity index (χ0v) is 14.3. The number of methoxy groups -OCH3 is 1. The first-order chi connectivity index (χ1) is 11.6. The number of benzene rings is 1. The number of ether oxygens (including phenoxy) is 1. The molecule has 1 N–H and O–H groups in total. The average Bonchev–Trinajstić information content (AvgIpc) is 3.14. The number of rotatable bonds is 8. The lowest BCUT2D eigenvalue weighted by Gasteiger charge is -2.21. The highest BCUT2D eigenvalue weighted by molar-refractivity contribution is 7.08. The summed E-state index contributed by atoms with van der Waals surface area (Å²) in [5.74, 6) is 0.366. The quantitative estimate of drug-likeness (QED) is 0.749. The van der Waals surface area contributed by atoms with Crippen molar-refractivity contribution in [3.05, 3.63) is 64.9 Å². The summed E-state index contributed by atoms with van der Waals surface area (Å²) in [6, 6.07) is 9.25. The van der Waals surface area contributed by atoms with Crippen LogP contribution < -0.4 is 10.1 Å². The summed E-state index contributed by atoms with van der Waals surface area (Å²) in [7, 11) is 1.61. The van der Waals surface area contributed by atoms with E-state index in [1.165, 1.54) is 11.3 Å². The number of nitrogens with one attached hydrogen (secondary N) is 1. The number of carbonyl (C=O) groups is 2. The third-order valence-corrected chi connectivity index (χ3v) is 4.10. The zero-order valence-electron chi connectivity index (χ0n) is 13.5. The van der Waals surface area contributed by atoms with Gasteiger partial charge in [-0.3, -0.25) is 9.59 Å². The van der Waals surface area contributed by atoms with E-state index in [0.717, 1.165) is 11.3 Å². The van der Waals surface area contributed by atoms with Gasteiger partial charge in [0.15, 0.2) is 0 Å². The number of carbonyl (C=O) groups excluding carboxylic acids is 2. The number of amides is 2. The Morgan fingerprint density at radius 3 is 2.62 bits per heavy atom. The Kier molecular flexibility index (Phi) is 6.57. The van der Waals surface area contributed by atoms with Gasteiger partial charge in [-0.05, 0) is 29.1 Å². The van der Waals surface area contributed by atoms with E-state index in [1.807, 2.05) is 29.6 Å². The molecule has 2 rings (SSSR count). The molecule has 2 amide bonds. The summed E-state index contributed by atoms with van der Waals surface area (Å²) in [5.41, 5.74) is 1.55. The molecule has 0 saturated heterocycles. The van der Waals surface area contributed by atoms with Crippen molar-refractivity contribution in [1.82, 2.24) is 10.2 Å². The maximum atomic E-state index is 12.4. The van der Waals surface area contributed by atoms with Crippen molar-refractivity contribution in [1.29, 1.82) is 0 Å². The molecule has 1 aromatic heterocycles. The second-order valence-electron chi connectivity index (χ2n) is 5.11. The molecule has 0 aliphatic rings. The highest BCUT2D eigenvalue weighted by atomic mass is 32.1. The fourth-order valence-corrected chi connectivity index (χ4v) is 2.76. The lowest BCUT2D eigenvalue weighted by molar-refractivity contribution is -0.130. The average molecular weight is 344 g/mol. The first-order valence-corrected chi connectivity index (χ1v) is 8.40. The largest absolute Gasteiger partial charge is 0.497 e. The minimum absolute atomic E-state index is 0.0430. The second kappa shape index (κ2) is 8.88. The first-order valence-electron chi connectivity index (χ1n) is 7.46. The highest BCUT2D eigenvalue weighted by Crippen LogP contribution is 2.13. The third-order valence-electron chi connectivity index (χ3n) is 3.42. The summed E-state index contributed by atoms with van der Waals surface area (Å²) in [4.78, 5) is 25.9. The molecule has 0 fully saturated rings. The van der Waals surface area contributed by atoms with E-state index in [2.05, 4.69) is 11.9 Å². The van der Waals surface area contributed by atoms with Gasteiger partial charge in [0.05, 0.1) is 13.7 Å². The van der Waals surface area contributed by atoms with Crippen molar-refractivity contribution >= 4 is 23.2 Å². The van der Waals surface area contributed by atoms with E-state index in [9.17, 15) is 9.59 Å². The van der Waals surface area contributed by atoms with Gasteiger partial charge in [0, 0.05) is 24.0 Å². The number of hydrogen-bond donors (Lipinski definition) is 1. The van der Waals surface area contributed by atoms with Crippen LogP contribution >= 0.6 is 11.3 Å². The van der Waals surface area contributed by atoms with Crippen LogP contribution in [0.1, 0.15) is 15.9 Å². The molecule has 6 heteroatoms. The first kappa shape index (κ1) is 17.7. The lowest BCUT2D eigenvalue weighted by Crippen LogP contribution is -2.39. The minimum atomic E-state index is -0.243. The van der Waals surface area contributed by atoms with Crippen molar-refractivity contribution in [2.75, 3.05) is 20.2 Å². The van der Waals surface area contributed by atoms with Gasteiger partial charge in [-0.2, -0.15) is 11.3 Å². The molecule has 1 heterocycles. The third kappa shape index (κ3) is 4.96. The van der Waals surface area contributed by atoms with Crippen molar-refractivity contribution < 1.29 is 14.3 Å². The molecule has 0 spiro atoms. The highest BCUT2D eigenvalue weighted by Gasteiger charge is 2.14. The van der Waals surface area contributed by atoms with Crippen molar-refractivity contribution in [3.63, 3.8) is 0 Å². The summed E-state index contributed by atoms with van der Waals surface area (Å²) < 4.78 is 5.13. The fraction of sp³-hybridized carbons (Fsp3) is 0.222. The molecule has 0 aliphatic heterocycles. The van der Waals surface area contributed by atoms with E-state index in [1.54, 1.807) is 29.5 Å². The van der Waals surface area contributed by atoms with Crippen LogP contribution in [-0.4, -0.2) is 36.9 Å². The van der Waals surface area contributed by atoms with Gasteiger partial charge >= 0.3 is 0 Å². The van der Waals surface area contributed by atoms with Crippen LogP contribution in [0.25, 0.3) is 0 Å². The van der Waals surface area contributed by atoms with Gasteiger partial charge in [0.25, 0.3) is 5.91 Å². The normalized spacial score (nSPS) is 10.0. The SMILES string of the molecule is C=CCN(Cc1ccc(OC)cc1)C(=O)CNC(=O)c1ccsc1. The zero-order chi connectivity index (χ0) is 17.4. The van der Waals surface area contributed by atoms with Gasteiger partial charge < -0.3 is 15.0 Å². The Hall–Kier alpha value is -2.60. The Labute approximate surface area is 145 Å². The van der Waals surface area contributed by atoms with Crippen LogP contribution in [0.2, 0.25) is 0 Å². The number of thiophene rings is 1. The molecule has 0 saturated carbocycles. The van der Waals surface area contributed by atoms with Crippen LogP contribution in [0.4, 0.5) is 0 Å². The van der Waals surface area contributed by atoms with Crippen LogP contribution in [0.5, 0.6) is 5.75 Å². The fourth-order valence-electron chi connectivity index (χ4n) is 2.13. The molecule has 0 bridgehead atoms. The van der Waals surface area contributed by atoms with Crippen molar-refractivity contribution in [3.8, 4) is 5.75 Å². The molecular weight excluding hydrogens is 324 g/mol. The van der Waals surface area contributed by atoms with Gasteiger partial charge in [-0.15, -0.1) is 6.58 Å². The van der Waals surface area contributed by atoms with E-state index in [4.69, 9.17) is 4.74 Å². The molecule has 0 radical (unpaired) electrons. The molecule has 1 aromatic carbocycles. The predicted octanol–water partition coefficient (Wildman–Crippen LogP) is 2.70. The molecule has 0 atom stereocenters. The number of nitrogens with zero attached hydrogens (tertiary/aromatic N) is 1. The maximum absolute atomic E-state index is 12.4. The Morgan fingerprint density at radius 2 is 2.04 bits per heavy atom. The molecular formula is C18H20N2O3S. The summed E-state index contributed by atoms with van der Waals surface area (Å²) >= 11 is 1.44. The van der Waals surface area contributed by atoms with Crippen LogP contribution in [0, 0.1) is 0 Å².